The van der Waals surface area contributed by atoms with Crippen molar-refractivity contribution in [3.8, 4) is 0 Å². The number of hydrogen-bond donors (Lipinski definition) is 2. The fourth-order valence-electron chi connectivity index (χ4n) is 4.13. The number of carbonyl (C=O) groups is 3. The molecule has 0 radical (unpaired) electrons. The van der Waals surface area contributed by atoms with Crippen molar-refractivity contribution in [3.63, 3.8) is 0 Å². The van der Waals surface area contributed by atoms with E-state index in [-0.39, 0.29) is 30.3 Å². The number of amides is 1. The summed E-state index contributed by atoms with van der Waals surface area (Å²) in [5, 5.41) is 11.9. The number of benzene rings is 1. The molecule has 0 aliphatic heterocycles. The van der Waals surface area contributed by atoms with E-state index >= 15 is 0 Å². The lowest BCUT2D eigenvalue weighted by molar-refractivity contribution is -0.139. The van der Waals surface area contributed by atoms with Gasteiger partial charge >= 0.3 is 5.97 Å². The van der Waals surface area contributed by atoms with Crippen LogP contribution in [0.2, 0.25) is 0 Å². The summed E-state index contributed by atoms with van der Waals surface area (Å²) < 4.78 is 0. The van der Waals surface area contributed by atoms with Crippen LogP contribution in [0.15, 0.2) is 12.1 Å². The predicted molar refractivity (Wildman–Crippen MR) is 109 cm³/mol. The molecule has 6 nitrogen and oxygen atoms in total. The van der Waals surface area contributed by atoms with Crippen LogP contribution in [0.1, 0.15) is 66.1 Å². The molecule has 6 heteroatoms. The molecule has 2 rings (SSSR count). The Kier molecular flexibility index (Phi) is 7.75. The monoisotopic (exact) mass is 388 g/mol. The molecule has 1 aliphatic rings. The number of nitrogens with one attached hydrogen (secondary N) is 1. The number of carboxylic acid groups (broad SMARTS) is 1. The van der Waals surface area contributed by atoms with Crippen molar-refractivity contribution in [2.75, 3.05) is 13.1 Å². The molecule has 0 atom stereocenters. The van der Waals surface area contributed by atoms with Gasteiger partial charge in [0.2, 0.25) is 5.91 Å². The van der Waals surface area contributed by atoms with Crippen LogP contribution in [0, 0.1) is 20.8 Å². The average molecular weight is 389 g/mol. The minimum absolute atomic E-state index is 0.0325. The summed E-state index contributed by atoms with van der Waals surface area (Å²) in [5.74, 6) is -0.758. The first kappa shape index (κ1) is 22.1. The summed E-state index contributed by atoms with van der Waals surface area (Å²) in [4.78, 5) is 37.5. The zero-order chi connectivity index (χ0) is 20.8. The third-order valence-electron chi connectivity index (χ3n) is 5.50. The Hall–Kier alpha value is -2.21. The summed E-state index contributed by atoms with van der Waals surface area (Å²) >= 11 is 0. The van der Waals surface area contributed by atoms with Gasteiger partial charge in [0.05, 0.1) is 6.54 Å². The van der Waals surface area contributed by atoms with E-state index in [1.54, 1.807) is 0 Å². The topological polar surface area (TPSA) is 86.7 Å². The fraction of sp³-hybridized carbons (Fsp3) is 0.591. The number of rotatable bonds is 10. The van der Waals surface area contributed by atoms with Crippen LogP contribution in [0.4, 0.5) is 0 Å². The highest BCUT2D eigenvalue weighted by molar-refractivity contribution is 5.99. The van der Waals surface area contributed by atoms with Crippen molar-refractivity contribution in [1.29, 1.82) is 0 Å². The van der Waals surface area contributed by atoms with Crippen molar-refractivity contribution < 1.29 is 19.5 Å². The highest BCUT2D eigenvalue weighted by Gasteiger charge is 2.34. The molecule has 0 spiro atoms. The first-order valence-electron chi connectivity index (χ1n) is 10.1. The minimum Gasteiger partial charge on any atom is -0.480 e. The van der Waals surface area contributed by atoms with Crippen LogP contribution < -0.4 is 5.32 Å². The van der Waals surface area contributed by atoms with E-state index in [4.69, 9.17) is 5.11 Å². The third kappa shape index (κ3) is 5.89. The number of carbonyl (C=O) groups excluding carboxylic acids is 2. The van der Waals surface area contributed by atoms with Crippen LogP contribution in [0.3, 0.4) is 0 Å². The molecular weight excluding hydrogens is 356 g/mol. The SMILES string of the molecule is CCN(CC(=O)O)C1CC(NC(=O)CCCC(=O)c2c(C)cc(C)cc2C)C1. The summed E-state index contributed by atoms with van der Waals surface area (Å²) in [6.45, 7) is 8.61. The van der Waals surface area contributed by atoms with Gasteiger partial charge < -0.3 is 10.4 Å². The minimum atomic E-state index is -0.821. The maximum atomic E-state index is 12.5. The number of nitrogens with zero attached hydrogens (tertiary/aromatic N) is 1. The molecule has 1 aromatic carbocycles. The summed E-state index contributed by atoms with van der Waals surface area (Å²) in [5.41, 5.74) is 3.92. The lowest BCUT2D eigenvalue weighted by Gasteiger charge is -2.42. The highest BCUT2D eigenvalue weighted by Crippen LogP contribution is 2.26. The van der Waals surface area contributed by atoms with Gasteiger partial charge in [0.25, 0.3) is 0 Å². The molecular formula is C22H32N2O4. The highest BCUT2D eigenvalue weighted by atomic mass is 16.4. The van der Waals surface area contributed by atoms with Gasteiger partial charge in [0.1, 0.15) is 0 Å². The largest absolute Gasteiger partial charge is 0.480 e. The Morgan fingerprint density at radius 2 is 1.71 bits per heavy atom. The number of aryl methyl sites for hydroxylation is 3. The number of hydrogen-bond acceptors (Lipinski definition) is 4. The first-order chi connectivity index (χ1) is 13.2. The molecule has 28 heavy (non-hydrogen) atoms. The fourth-order valence-corrected chi connectivity index (χ4v) is 4.13. The molecule has 0 saturated heterocycles. The second-order valence-corrected chi connectivity index (χ2v) is 7.90. The zero-order valence-electron chi connectivity index (χ0n) is 17.4. The number of aliphatic carboxylic acids is 1. The van der Waals surface area contributed by atoms with Crippen LogP contribution in [0.25, 0.3) is 0 Å². The molecule has 2 N–H and O–H groups in total. The van der Waals surface area contributed by atoms with E-state index in [0.717, 1.165) is 35.1 Å². The summed E-state index contributed by atoms with van der Waals surface area (Å²) in [6, 6.07) is 4.37. The van der Waals surface area contributed by atoms with Crippen molar-refractivity contribution in [2.45, 2.75) is 71.9 Å². The zero-order valence-corrected chi connectivity index (χ0v) is 17.4. The second-order valence-electron chi connectivity index (χ2n) is 7.90. The second kappa shape index (κ2) is 9.82. The van der Waals surface area contributed by atoms with Gasteiger partial charge in [-0.25, -0.2) is 0 Å². The van der Waals surface area contributed by atoms with Gasteiger partial charge in [-0.3, -0.25) is 19.3 Å². The number of likely N-dealkylation sites (N-methyl/N-ethyl adjacent to an activating group) is 1. The van der Waals surface area contributed by atoms with Gasteiger partial charge in [-0.1, -0.05) is 24.6 Å². The van der Waals surface area contributed by atoms with E-state index in [2.05, 4.69) is 5.32 Å². The Balaban J connectivity index is 1.71. The molecule has 1 fully saturated rings. The smallest absolute Gasteiger partial charge is 0.317 e. The standard InChI is InChI=1S/C22H32N2O4/c1-5-24(13-21(27)28)18-11-17(12-18)23-20(26)8-6-7-19(25)22-15(3)9-14(2)10-16(22)4/h9-10,17-18H,5-8,11-13H2,1-4H3,(H,23,26)(H,27,28). The molecule has 0 heterocycles. The van der Waals surface area contributed by atoms with E-state index < -0.39 is 5.97 Å². The molecule has 1 amide bonds. The average Bonchev–Trinajstić information content (AvgIpc) is 2.54. The quantitative estimate of drug-likeness (QED) is 0.602. The Labute approximate surface area is 167 Å². The Morgan fingerprint density at radius 3 is 2.25 bits per heavy atom. The van der Waals surface area contributed by atoms with E-state index in [9.17, 15) is 14.4 Å². The van der Waals surface area contributed by atoms with Crippen molar-refractivity contribution in [1.82, 2.24) is 10.2 Å². The first-order valence-corrected chi connectivity index (χ1v) is 10.1. The lowest BCUT2D eigenvalue weighted by atomic mass is 9.85. The molecule has 0 unspecified atom stereocenters. The Bertz CT molecular complexity index is 715. The van der Waals surface area contributed by atoms with Crippen LogP contribution in [-0.2, 0) is 9.59 Å². The van der Waals surface area contributed by atoms with Crippen molar-refractivity contribution >= 4 is 17.7 Å². The normalized spacial score (nSPS) is 18.6. The molecule has 154 valence electrons. The van der Waals surface area contributed by atoms with Gasteiger partial charge in [-0.05, 0) is 57.7 Å². The summed E-state index contributed by atoms with van der Waals surface area (Å²) in [6.07, 6.45) is 2.81. The van der Waals surface area contributed by atoms with Crippen LogP contribution in [-0.4, -0.2) is 52.8 Å². The molecule has 1 aliphatic carbocycles. The van der Waals surface area contributed by atoms with Crippen molar-refractivity contribution in [2.24, 2.45) is 0 Å². The van der Waals surface area contributed by atoms with Gasteiger partial charge in [-0.2, -0.15) is 0 Å². The van der Waals surface area contributed by atoms with Crippen LogP contribution >= 0.6 is 0 Å². The molecule has 0 aromatic heterocycles. The number of ketones is 1. The van der Waals surface area contributed by atoms with Gasteiger partial charge in [-0.15, -0.1) is 0 Å². The Morgan fingerprint density at radius 1 is 1.11 bits per heavy atom. The molecule has 0 bridgehead atoms. The van der Waals surface area contributed by atoms with Gasteiger partial charge in [0.15, 0.2) is 5.78 Å². The molecule has 1 saturated carbocycles. The number of Topliss-reactive ketones (excluding diaryl/α,β-unsaturated/α-hetero) is 1. The lowest BCUT2D eigenvalue weighted by Crippen LogP contribution is -2.54. The van der Waals surface area contributed by atoms with E-state index in [1.807, 2.05) is 44.7 Å². The maximum absolute atomic E-state index is 12.5. The predicted octanol–water partition coefficient (Wildman–Crippen LogP) is 3.02. The van der Waals surface area contributed by atoms with Crippen LogP contribution in [0.5, 0.6) is 0 Å². The molecule has 1 aromatic rings. The third-order valence-corrected chi connectivity index (χ3v) is 5.50. The maximum Gasteiger partial charge on any atom is 0.317 e. The van der Waals surface area contributed by atoms with E-state index in [0.29, 0.717) is 25.8 Å². The van der Waals surface area contributed by atoms with Crippen molar-refractivity contribution in [3.05, 3.63) is 34.4 Å². The van der Waals surface area contributed by atoms with E-state index in [1.165, 1.54) is 0 Å². The summed E-state index contributed by atoms with van der Waals surface area (Å²) in [7, 11) is 0. The van der Waals surface area contributed by atoms with Gasteiger partial charge in [0, 0.05) is 30.5 Å². The number of carboxylic acids is 1.